The van der Waals surface area contributed by atoms with Gasteiger partial charge >= 0.3 is 0 Å². The first-order valence-electron chi connectivity index (χ1n) is 7.36. The number of halogens is 2. The molecule has 0 aliphatic carbocycles. The van der Waals surface area contributed by atoms with Gasteiger partial charge in [-0.2, -0.15) is 0 Å². The van der Waals surface area contributed by atoms with E-state index in [1.54, 1.807) is 49.3 Å². The van der Waals surface area contributed by atoms with E-state index in [1.807, 2.05) is 0 Å². The van der Waals surface area contributed by atoms with Gasteiger partial charge in [0.2, 0.25) is 0 Å². The topological polar surface area (TPSA) is 45.5 Å². The third-order valence-corrected chi connectivity index (χ3v) is 5.03. The van der Waals surface area contributed by atoms with Crippen molar-refractivity contribution in [3.8, 4) is 5.75 Å². The smallest absolute Gasteiger partial charge is 0.264 e. The molecule has 3 rings (SSSR count). The average Bonchev–Trinajstić information content (AvgIpc) is 2.60. The highest BCUT2D eigenvalue weighted by Crippen LogP contribution is 2.30. The van der Waals surface area contributed by atoms with E-state index in [9.17, 15) is 14.3 Å². The minimum absolute atomic E-state index is 0.0370. The number of fused-ring (bicyclic) bond motifs is 1. The Balaban J connectivity index is 2.19. The van der Waals surface area contributed by atoms with Crippen molar-refractivity contribution in [1.29, 1.82) is 0 Å². The fourth-order valence-electron chi connectivity index (χ4n) is 2.65. The van der Waals surface area contributed by atoms with Crippen molar-refractivity contribution < 1.29 is 9.50 Å². The average molecular weight is 421 g/mol. The predicted octanol–water partition coefficient (Wildman–Crippen LogP) is 3.96. The molecular formula is C18H14BrFN2O2S. The number of nitrogens with zero attached hydrogens (tertiary/aromatic N) is 2. The van der Waals surface area contributed by atoms with Gasteiger partial charge in [-0.3, -0.25) is 4.79 Å². The van der Waals surface area contributed by atoms with Crippen molar-refractivity contribution in [2.75, 3.05) is 11.9 Å². The van der Waals surface area contributed by atoms with Crippen LogP contribution in [0.1, 0.15) is 5.56 Å². The molecule has 0 bridgehead atoms. The Morgan fingerprint density at radius 2 is 1.88 bits per heavy atom. The number of hydrogen-bond acceptors (Lipinski definition) is 3. The molecular weight excluding hydrogens is 407 g/mol. The fraction of sp³-hybridized carbons (Fsp3) is 0.111. The zero-order valence-corrected chi connectivity index (χ0v) is 15.9. The molecule has 0 spiro atoms. The molecule has 25 heavy (non-hydrogen) atoms. The molecule has 1 aromatic heterocycles. The molecule has 2 aromatic carbocycles. The van der Waals surface area contributed by atoms with Crippen LogP contribution in [0.25, 0.3) is 10.9 Å². The Morgan fingerprint density at radius 1 is 1.24 bits per heavy atom. The lowest BCUT2D eigenvalue weighted by Crippen LogP contribution is -2.33. The van der Waals surface area contributed by atoms with Crippen molar-refractivity contribution in [2.45, 2.75) is 0 Å². The zero-order valence-electron chi connectivity index (χ0n) is 13.5. The van der Waals surface area contributed by atoms with Crippen molar-refractivity contribution in [2.24, 2.45) is 7.05 Å². The number of aromatic hydroxyl groups is 1. The molecule has 0 radical (unpaired) electrons. The van der Waals surface area contributed by atoms with Crippen LogP contribution in [0, 0.1) is 5.82 Å². The molecule has 0 saturated carbocycles. The molecule has 0 atom stereocenters. The lowest BCUT2D eigenvalue weighted by Gasteiger charge is -2.21. The molecule has 0 fully saturated rings. The standard InChI is InChI=1S/C18H14BrFN2O2S/c1-21(12-6-4-11(20)5-7-12)18(25)15-16(23)13-9-10(19)3-8-14(13)22(2)17(15)24/h3-9,23H,1-2H3. The van der Waals surface area contributed by atoms with Gasteiger partial charge in [-0.15, -0.1) is 0 Å². The Hall–Kier alpha value is -2.25. The summed E-state index contributed by atoms with van der Waals surface area (Å²) in [6.45, 7) is 0. The first-order valence-corrected chi connectivity index (χ1v) is 8.56. The molecule has 1 heterocycles. The number of aromatic nitrogens is 1. The van der Waals surface area contributed by atoms with E-state index < -0.39 is 5.56 Å². The molecule has 3 aromatic rings. The second-order valence-electron chi connectivity index (χ2n) is 5.59. The number of thiocarbonyl (C=S) groups is 1. The Morgan fingerprint density at radius 3 is 2.52 bits per heavy atom. The first kappa shape index (κ1) is 17.6. The second kappa shape index (κ2) is 6.57. The van der Waals surface area contributed by atoms with Crippen LogP contribution in [0.3, 0.4) is 0 Å². The summed E-state index contributed by atoms with van der Waals surface area (Å²) in [6.07, 6.45) is 0. The van der Waals surface area contributed by atoms with Crippen LogP contribution < -0.4 is 10.5 Å². The normalized spacial score (nSPS) is 10.9. The van der Waals surface area contributed by atoms with Gasteiger partial charge in [0.15, 0.2) is 0 Å². The summed E-state index contributed by atoms with van der Waals surface area (Å²) in [5.41, 5.74) is 0.852. The van der Waals surface area contributed by atoms with Gasteiger partial charge in [-0.1, -0.05) is 28.1 Å². The van der Waals surface area contributed by atoms with Gasteiger partial charge in [0.05, 0.1) is 5.52 Å². The highest BCUT2D eigenvalue weighted by atomic mass is 79.9. The van der Waals surface area contributed by atoms with Crippen LogP contribution in [0.5, 0.6) is 5.75 Å². The Kier molecular flexibility index (Phi) is 4.62. The second-order valence-corrected chi connectivity index (χ2v) is 6.89. The number of rotatable bonds is 2. The number of aryl methyl sites for hydroxylation is 1. The largest absolute Gasteiger partial charge is 0.506 e. The monoisotopic (exact) mass is 420 g/mol. The van der Waals surface area contributed by atoms with E-state index >= 15 is 0 Å². The lowest BCUT2D eigenvalue weighted by molar-refractivity contribution is 0.478. The Labute approximate surface area is 157 Å². The minimum atomic E-state index is -0.397. The molecule has 0 unspecified atom stereocenters. The molecule has 0 saturated heterocycles. The lowest BCUT2D eigenvalue weighted by atomic mass is 10.1. The van der Waals surface area contributed by atoms with Crippen molar-refractivity contribution in [3.05, 3.63) is 68.7 Å². The van der Waals surface area contributed by atoms with E-state index in [4.69, 9.17) is 12.2 Å². The van der Waals surface area contributed by atoms with Gasteiger partial charge in [-0.25, -0.2) is 4.39 Å². The summed E-state index contributed by atoms with van der Waals surface area (Å²) >= 11 is 8.80. The van der Waals surface area contributed by atoms with E-state index in [2.05, 4.69) is 15.9 Å². The first-order chi connectivity index (χ1) is 11.8. The molecule has 0 aliphatic rings. The van der Waals surface area contributed by atoms with Crippen molar-refractivity contribution in [1.82, 2.24) is 4.57 Å². The van der Waals surface area contributed by atoms with Crippen LogP contribution in [-0.4, -0.2) is 21.7 Å². The molecule has 4 nitrogen and oxygen atoms in total. The molecule has 128 valence electrons. The van der Waals surface area contributed by atoms with E-state index in [0.29, 0.717) is 16.6 Å². The highest BCUT2D eigenvalue weighted by Gasteiger charge is 2.21. The SMILES string of the molecule is CN(C(=S)c1c(O)c2cc(Br)ccc2n(C)c1=O)c1ccc(F)cc1. The van der Waals surface area contributed by atoms with Gasteiger partial charge in [0.1, 0.15) is 22.1 Å². The summed E-state index contributed by atoms with van der Waals surface area (Å²) < 4.78 is 15.3. The van der Waals surface area contributed by atoms with Crippen LogP contribution in [-0.2, 0) is 7.05 Å². The number of benzene rings is 2. The number of anilines is 1. The summed E-state index contributed by atoms with van der Waals surface area (Å²) in [4.78, 5) is 14.5. The van der Waals surface area contributed by atoms with Crippen LogP contribution >= 0.6 is 28.1 Å². The van der Waals surface area contributed by atoms with Crippen LogP contribution in [0.15, 0.2) is 51.7 Å². The van der Waals surface area contributed by atoms with E-state index in [0.717, 1.165) is 4.47 Å². The summed E-state index contributed by atoms with van der Waals surface area (Å²) in [5.74, 6) is -0.532. The maximum atomic E-state index is 13.1. The molecule has 1 N–H and O–H groups in total. The van der Waals surface area contributed by atoms with Gasteiger partial charge < -0.3 is 14.6 Å². The third kappa shape index (κ3) is 3.05. The third-order valence-electron chi connectivity index (χ3n) is 4.06. The maximum Gasteiger partial charge on any atom is 0.264 e. The zero-order chi connectivity index (χ0) is 18.3. The van der Waals surface area contributed by atoms with Crippen LogP contribution in [0.2, 0.25) is 0 Å². The van der Waals surface area contributed by atoms with Gasteiger partial charge in [-0.05, 0) is 42.5 Å². The van der Waals surface area contributed by atoms with Crippen LogP contribution in [0.4, 0.5) is 10.1 Å². The molecule has 7 heteroatoms. The molecule has 0 amide bonds. The summed E-state index contributed by atoms with van der Waals surface area (Å²) in [5, 5.41) is 11.2. The number of hydrogen-bond donors (Lipinski definition) is 1. The molecule has 0 aliphatic heterocycles. The number of pyridine rings is 1. The summed E-state index contributed by atoms with van der Waals surface area (Å²) in [6, 6.07) is 11.0. The maximum absolute atomic E-state index is 13.1. The summed E-state index contributed by atoms with van der Waals surface area (Å²) in [7, 11) is 3.29. The van der Waals surface area contributed by atoms with Crippen molar-refractivity contribution in [3.63, 3.8) is 0 Å². The Bertz CT molecular complexity index is 1050. The predicted molar refractivity (Wildman–Crippen MR) is 105 cm³/mol. The van der Waals surface area contributed by atoms with E-state index in [-0.39, 0.29) is 22.1 Å². The highest BCUT2D eigenvalue weighted by molar-refractivity contribution is 9.10. The quantitative estimate of drug-likeness (QED) is 0.637. The van der Waals surface area contributed by atoms with Gasteiger partial charge in [0.25, 0.3) is 5.56 Å². The van der Waals surface area contributed by atoms with E-state index in [1.165, 1.54) is 16.7 Å². The van der Waals surface area contributed by atoms with Gasteiger partial charge in [0, 0.05) is 29.6 Å². The minimum Gasteiger partial charge on any atom is -0.506 e. The van der Waals surface area contributed by atoms with Crippen molar-refractivity contribution >= 4 is 49.7 Å². The fourth-order valence-corrected chi connectivity index (χ4v) is 3.30.